The van der Waals surface area contributed by atoms with Crippen molar-refractivity contribution in [2.24, 2.45) is 11.7 Å². The van der Waals surface area contributed by atoms with Crippen LogP contribution in [0.4, 0.5) is 0 Å². The molecule has 0 aromatic rings. The third-order valence-electron chi connectivity index (χ3n) is 4.28. The van der Waals surface area contributed by atoms with Crippen LogP contribution in [0.5, 0.6) is 0 Å². The van der Waals surface area contributed by atoms with Gasteiger partial charge in [-0.3, -0.25) is 0 Å². The molecule has 93 valence electrons. The van der Waals surface area contributed by atoms with Gasteiger partial charge in [-0.15, -0.1) is 0 Å². The maximum Gasteiger partial charge on any atom is 0.0954 e. The lowest BCUT2D eigenvalue weighted by Gasteiger charge is -2.31. The topological polar surface area (TPSA) is 49.2 Å². The first-order valence-corrected chi connectivity index (χ1v) is 6.88. The fourth-order valence-corrected chi connectivity index (χ4v) is 2.97. The summed E-state index contributed by atoms with van der Waals surface area (Å²) < 4.78 is 0. The van der Waals surface area contributed by atoms with Crippen molar-refractivity contribution in [2.45, 2.75) is 57.1 Å². The Hall–Kier alpha value is -0.120. The molecule has 1 heterocycles. The van der Waals surface area contributed by atoms with Crippen molar-refractivity contribution in [3.63, 3.8) is 0 Å². The molecule has 3 nitrogen and oxygen atoms in total. The van der Waals surface area contributed by atoms with Crippen LogP contribution < -0.4 is 5.73 Å². The third kappa shape index (κ3) is 3.72. The molecular weight excluding hydrogens is 200 g/mol. The lowest BCUT2D eigenvalue weighted by Crippen LogP contribution is -2.37. The Labute approximate surface area is 99.0 Å². The van der Waals surface area contributed by atoms with E-state index in [0.717, 1.165) is 31.8 Å². The summed E-state index contributed by atoms with van der Waals surface area (Å²) in [7, 11) is 0. The second kappa shape index (κ2) is 5.99. The van der Waals surface area contributed by atoms with E-state index < -0.39 is 0 Å². The molecule has 0 bridgehead atoms. The molecule has 0 aromatic heterocycles. The average molecular weight is 225 g/mol. The van der Waals surface area contributed by atoms with Gasteiger partial charge in [0, 0.05) is 19.1 Å². The predicted octanol–water partition coefficient (Wildman–Crippen LogP) is 1.79. The highest BCUT2D eigenvalue weighted by atomic mass is 16.3. The monoisotopic (exact) mass is 225 g/mol. The van der Waals surface area contributed by atoms with E-state index in [2.05, 4.69) is 4.90 Å². The predicted molar refractivity (Wildman–Crippen MR) is 64.7 cm³/mol. The molecule has 3 heteroatoms. The fourth-order valence-electron chi connectivity index (χ4n) is 2.97. The zero-order chi connectivity index (χ0) is 11.4. The minimum absolute atomic E-state index is 0.288. The van der Waals surface area contributed by atoms with E-state index in [-0.39, 0.29) is 6.10 Å². The van der Waals surface area contributed by atoms with E-state index in [0.29, 0.717) is 6.04 Å². The molecular formula is C13H25N2O. The van der Waals surface area contributed by atoms with Crippen LogP contribution in [0.25, 0.3) is 0 Å². The number of rotatable bonds is 3. The van der Waals surface area contributed by atoms with Gasteiger partial charge in [0.05, 0.1) is 6.10 Å². The Kier molecular flexibility index (Phi) is 4.62. The minimum Gasteiger partial charge on any atom is -0.328 e. The van der Waals surface area contributed by atoms with Crippen LogP contribution >= 0.6 is 0 Å². The summed E-state index contributed by atoms with van der Waals surface area (Å²) in [5.41, 5.74) is 5.91. The molecule has 0 unspecified atom stereocenters. The molecule has 0 aromatic carbocycles. The van der Waals surface area contributed by atoms with Crippen LogP contribution in [0, 0.1) is 5.92 Å². The highest BCUT2D eigenvalue weighted by Gasteiger charge is 2.21. The summed E-state index contributed by atoms with van der Waals surface area (Å²) in [5, 5.41) is 11.2. The molecule has 2 fully saturated rings. The summed E-state index contributed by atoms with van der Waals surface area (Å²) in [6.45, 7) is 3.26. The molecule has 1 aliphatic carbocycles. The number of piperidine rings is 1. The Balaban J connectivity index is 1.60. The van der Waals surface area contributed by atoms with Crippen LogP contribution in [0.1, 0.15) is 44.9 Å². The van der Waals surface area contributed by atoms with Gasteiger partial charge >= 0.3 is 0 Å². The van der Waals surface area contributed by atoms with Gasteiger partial charge in [0.2, 0.25) is 0 Å². The number of likely N-dealkylation sites (tertiary alicyclic amines) is 1. The maximum atomic E-state index is 11.2. The first-order valence-electron chi connectivity index (χ1n) is 6.88. The maximum absolute atomic E-state index is 11.2. The zero-order valence-electron chi connectivity index (χ0n) is 10.2. The largest absolute Gasteiger partial charge is 0.328 e. The Bertz CT molecular complexity index is 172. The van der Waals surface area contributed by atoms with E-state index in [1.807, 2.05) is 0 Å². The summed E-state index contributed by atoms with van der Waals surface area (Å²) in [4.78, 5) is 2.48. The second-order valence-electron chi connectivity index (χ2n) is 5.61. The van der Waals surface area contributed by atoms with E-state index >= 15 is 0 Å². The SMILES string of the molecule is NC1CCC(CCN2CCC([O])CC2)CC1. The van der Waals surface area contributed by atoms with Gasteiger partial charge in [-0.25, -0.2) is 5.11 Å². The molecule has 2 aliphatic rings. The van der Waals surface area contributed by atoms with Crippen LogP contribution in [0.3, 0.4) is 0 Å². The van der Waals surface area contributed by atoms with E-state index in [1.165, 1.54) is 38.6 Å². The molecule has 1 aliphatic heterocycles. The summed E-state index contributed by atoms with van der Waals surface area (Å²) in [6, 6.07) is 0.465. The highest BCUT2D eigenvalue weighted by molar-refractivity contribution is 4.77. The lowest BCUT2D eigenvalue weighted by molar-refractivity contribution is 0.0260. The van der Waals surface area contributed by atoms with Crippen LogP contribution in [0.2, 0.25) is 0 Å². The average Bonchev–Trinajstić information content (AvgIpc) is 2.30. The molecule has 2 rings (SSSR count). The van der Waals surface area contributed by atoms with Crippen molar-refractivity contribution in [1.29, 1.82) is 0 Å². The Morgan fingerprint density at radius 1 is 1.00 bits per heavy atom. The number of hydrogen-bond donors (Lipinski definition) is 1. The first kappa shape index (κ1) is 12.3. The number of hydrogen-bond acceptors (Lipinski definition) is 2. The molecule has 1 saturated carbocycles. The van der Waals surface area contributed by atoms with Crippen LogP contribution in [-0.2, 0) is 5.11 Å². The van der Waals surface area contributed by atoms with Crippen molar-refractivity contribution in [1.82, 2.24) is 4.90 Å². The molecule has 1 saturated heterocycles. The third-order valence-corrected chi connectivity index (χ3v) is 4.28. The Morgan fingerprint density at radius 3 is 2.25 bits per heavy atom. The zero-order valence-corrected chi connectivity index (χ0v) is 10.2. The summed E-state index contributed by atoms with van der Waals surface area (Å²) >= 11 is 0. The summed E-state index contributed by atoms with van der Waals surface area (Å²) in [6.07, 6.45) is 7.81. The van der Waals surface area contributed by atoms with Gasteiger partial charge in [0.15, 0.2) is 0 Å². The van der Waals surface area contributed by atoms with E-state index in [9.17, 15) is 5.11 Å². The molecule has 2 N–H and O–H groups in total. The van der Waals surface area contributed by atoms with Crippen molar-refractivity contribution in [3.05, 3.63) is 0 Å². The van der Waals surface area contributed by atoms with E-state index in [4.69, 9.17) is 5.73 Å². The Morgan fingerprint density at radius 2 is 1.62 bits per heavy atom. The summed E-state index contributed by atoms with van der Waals surface area (Å²) in [5.74, 6) is 0.893. The lowest BCUT2D eigenvalue weighted by atomic mass is 9.84. The molecule has 0 spiro atoms. The van der Waals surface area contributed by atoms with E-state index in [1.54, 1.807) is 0 Å². The normalized spacial score (nSPS) is 34.1. The van der Waals surface area contributed by atoms with Gasteiger partial charge in [-0.1, -0.05) is 0 Å². The smallest absolute Gasteiger partial charge is 0.0954 e. The fraction of sp³-hybridized carbons (Fsp3) is 1.00. The molecule has 0 amide bonds. The van der Waals surface area contributed by atoms with Crippen molar-refractivity contribution in [3.8, 4) is 0 Å². The van der Waals surface area contributed by atoms with Crippen molar-refractivity contribution >= 4 is 0 Å². The minimum atomic E-state index is -0.288. The molecule has 1 radical (unpaired) electrons. The molecule has 0 atom stereocenters. The van der Waals surface area contributed by atoms with Crippen molar-refractivity contribution < 1.29 is 5.11 Å². The molecule has 16 heavy (non-hydrogen) atoms. The van der Waals surface area contributed by atoms with Crippen LogP contribution in [-0.4, -0.2) is 36.7 Å². The van der Waals surface area contributed by atoms with Gasteiger partial charge in [0.1, 0.15) is 0 Å². The standard InChI is InChI=1S/C13H25N2O/c14-12-3-1-11(2-4-12)5-8-15-9-6-13(16)7-10-15/h11-13H,1-10,14H2. The van der Waals surface area contributed by atoms with Crippen LogP contribution in [0.15, 0.2) is 0 Å². The quantitative estimate of drug-likeness (QED) is 0.796. The van der Waals surface area contributed by atoms with Gasteiger partial charge in [-0.2, -0.15) is 0 Å². The highest BCUT2D eigenvalue weighted by Crippen LogP contribution is 2.26. The number of nitrogens with two attached hydrogens (primary N) is 1. The first-order chi connectivity index (χ1) is 7.74. The number of nitrogens with zero attached hydrogens (tertiary/aromatic N) is 1. The van der Waals surface area contributed by atoms with Gasteiger partial charge < -0.3 is 10.6 Å². The van der Waals surface area contributed by atoms with Crippen molar-refractivity contribution in [2.75, 3.05) is 19.6 Å². The van der Waals surface area contributed by atoms with Gasteiger partial charge in [-0.05, 0) is 57.4 Å². The van der Waals surface area contributed by atoms with Gasteiger partial charge in [0.25, 0.3) is 0 Å². The second-order valence-corrected chi connectivity index (χ2v) is 5.61.